The van der Waals surface area contributed by atoms with Gasteiger partial charge in [0, 0.05) is 63.4 Å². The van der Waals surface area contributed by atoms with E-state index in [4.69, 9.17) is 9.47 Å². The minimum atomic E-state index is -4.54. The van der Waals surface area contributed by atoms with Crippen molar-refractivity contribution in [3.8, 4) is 17.6 Å². The Labute approximate surface area is 274 Å². The number of nitrogens with zero attached hydrogens (tertiary/aromatic N) is 3. The van der Waals surface area contributed by atoms with E-state index in [0.29, 0.717) is 19.8 Å². The molecule has 258 valence electrons. The summed E-state index contributed by atoms with van der Waals surface area (Å²) in [6.07, 6.45) is -3.18. The number of piperidine rings is 1. The second kappa shape index (κ2) is 14.8. The highest BCUT2D eigenvalue weighted by atomic mass is 19.4. The molecule has 0 saturated carbocycles. The fourth-order valence-corrected chi connectivity index (χ4v) is 6.22. The van der Waals surface area contributed by atoms with Gasteiger partial charge in [-0.2, -0.15) is 13.2 Å². The van der Waals surface area contributed by atoms with Crippen LogP contribution in [0.2, 0.25) is 0 Å². The first-order valence-electron chi connectivity index (χ1n) is 15.5. The quantitative estimate of drug-likeness (QED) is 0.245. The summed E-state index contributed by atoms with van der Waals surface area (Å²) in [6.45, 7) is 3.77. The molecule has 2 aliphatic rings. The standard InChI is InChI=1S/C33H37F5N6O4/c1-19-16-43(21-6-9-48-10-7-21)18-26(35)29(19)42-32(46)24-11-20(17-44-22(14-33(36,37)38)15-41-30(24)44)5-4-8-40-27-13-25(34)23(31(45)39-2)12-28(27)47-3/h11-13,15,17,19,21,26,29,40H,6-10,14,16,18H2,1-3H3,(H,39,45)(H,42,46)/t19-,26-,29+/m0/s1. The van der Waals surface area contributed by atoms with E-state index in [1.54, 1.807) is 0 Å². The Kier molecular flexibility index (Phi) is 10.7. The number of halogens is 5. The van der Waals surface area contributed by atoms with Gasteiger partial charge in [-0.1, -0.05) is 18.8 Å². The maximum absolute atomic E-state index is 15.6. The van der Waals surface area contributed by atoms with Crippen molar-refractivity contribution in [3.63, 3.8) is 0 Å². The normalized spacial score (nSPS) is 20.5. The fourth-order valence-electron chi connectivity index (χ4n) is 6.22. The smallest absolute Gasteiger partial charge is 0.394 e. The summed E-state index contributed by atoms with van der Waals surface area (Å²) in [5.41, 5.74) is -0.0716. The number of hydrogen-bond acceptors (Lipinski definition) is 7. The predicted molar refractivity (Wildman–Crippen MR) is 167 cm³/mol. The number of ether oxygens (including phenoxy) is 2. The van der Waals surface area contributed by atoms with E-state index in [0.717, 1.165) is 25.1 Å². The molecule has 3 atom stereocenters. The third kappa shape index (κ3) is 7.99. The molecule has 0 aliphatic carbocycles. The summed E-state index contributed by atoms with van der Waals surface area (Å²) in [5, 5.41) is 8.02. The Morgan fingerprint density at radius 3 is 2.54 bits per heavy atom. The van der Waals surface area contributed by atoms with Gasteiger partial charge in [0.25, 0.3) is 11.8 Å². The monoisotopic (exact) mass is 676 g/mol. The minimum absolute atomic E-state index is 0.0189. The number of hydrogen-bond donors (Lipinski definition) is 3. The zero-order valence-corrected chi connectivity index (χ0v) is 26.7. The summed E-state index contributed by atoms with van der Waals surface area (Å²) in [7, 11) is 2.72. The van der Waals surface area contributed by atoms with Crippen LogP contribution in [-0.2, 0) is 11.2 Å². The second-order valence-corrected chi connectivity index (χ2v) is 11.9. The number of rotatable bonds is 8. The molecule has 3 N–H and O–H groups in total. The van der Waals surface area contributed by atoms with Crippen LogP contribution in [0.1, 0.15) is 51.7 Å². The molecule has 2 amide bonds. The molecule has 0 radical (unpaired) electrons. The van der Waals surface area contributed by atoms with E-state index >= 15 is 4.39 Å². The molecule has 2 aliphatic heterocycles. The number of amides is 2. The molecule has 1 aromatic carbocycles. The Balaban J connectivity index is 1.38. The van der Waals surface area contributed by atoms with Gasteiger partial charge in [0.15, 0.2) is 0 Å². The lowest BCUT2D eigenvalue weighted by atomic mass is 9.90. The molecule has 15 heteroatoms. The molecule has 3 aromatic rings. The maximum atomic E-state index is 15.6. The predicted octanol–water partition coefficient (Wildman–Crippen LogP) is 3.98. The van der Waals surface area contributed by atoms with Crippen molar-refractivity contribution in [2.75, 3.05) is 52.3 Å². The Morgan fingerprint density at radius 2 is 1.88 bits per heavy atom. The molecule has 0 unspecified atom stereocenters. The molecular weight excluding hydrogens is 639 g/mol. The van der Waals surface area contributed by atoms with E-state index in [1.807, 2.05) is 6.92 Å². The van der Waals surface area contributed by atoms with Gasteiger partial charge >= 0.3 is 6.18 Å². The SMILES string of the molecule is CNC(=O)c1cc(OC)c(NCC#Cc2cc(C(=O)N[C@@H]3[C@@H](C)CN(C4CCOCC4)C[C@@H]3F)c3ncc(CC(F)(F)F)n3c2)cc1F. The average molecular weight is 677 g/mol. The van der Waals surface area contributed by atoms with Crippen molar-refractivity contribution in [2.45, 2.75) is 50.6 Å². The van der Waals surface area contributed by atoms with Crippen LogP contribution in [0.3, 0.4) is 0 Å². The van der Waals surface area contributed by atoms with Gasteiger partial charge in [-0.25, -0.2) is 13.8 Å². The number of carbonyl (C=O) groups excluding carboxylic acids is 2. The minimum Gasteiger partial charge on any atom is -0.495 e. The summed E-state index contributed by atoms with van der Waals surface area (Å²) < 4.78 is 82.1. The van der Waals surface area contributed by atoms with Crippen LogP contribution in [0.4, 0.5) is 27.6 Å². The molecule has 10 nitrogen and oxygen atoms in total. The van der Waals surface area contributed by atoms with E-state index in [2.05, 4.69) is 37.7 Å². The number of likely N-dealkylation sites (tertiary alicyclic amines) is 1. The van der Waals surface area contributed by atoms with Gasteiger partial charge in [0.05, 0.1) is 48.6 Å². The first-order chi connectivity index (χ1) is 22.9. The summed E-state index contributed by atoms with van der Waals surface area (Å²) in [5.74, 6) is 3.49. The molecule has 0 bridgehead atoms. The molecule has 5 rings (SSSR count). The van der Waals surface area contributed by atoms with Gasteiger partial charge in [-0.3, -0.25) is 14.5 Å². The molecular formula is C33H37F5N6O4. The molecule has 2 aromatic heterocycles. The summed E-state index contributed by atoms with van der Waals surface area (Å²) in [6, 6.07) is 3.11. The molecule has 2 saturated heterocycles. The topological polar surface area (TPSA) is 109 Å². The van der Waals surface area contributed by atoms with E-state index in [9.17, 15) is 27.2 Å². The zero-order chi connectivity index (χ0) is 34.6. The number of aromatic nitrogens is 2. The van der Waals surface area contributed by atoms with Crippen molar-refractivity contribution >= 4 is 23.1 Å². The maximum Gasteiger partial charge on any atom is 0.394 e. The zero-order valence-electron chi connectivity index (χ0n) is 26.7. The highest BCUT2D eigenvalue weighted by Gasteiger charge is 2.39. The number of fused-ring (bicyclic) bond motifs is 1. The fraction of sp³-hybridized carbons (Fsp3) is 0.485. The van der Waals surface area contributed by atoms with E-state index < -0.39 is 42.4 Å². The van der Waals surface area contributed by atoms with Crippen LogP contribution in [0.25, 0.3) is 5.65 Å². The Hall–Kier alpha value is -4.42. The van der Waals surface area contributed by atoms with Gasteiger partial charge in [-0.05, 0) is 30.9 Å². The van der Waals surface area contributed by atoms with Crippen LogP contribution >= 0.6 is 0 Å². The Bertz CT molecular complexity index is 1700. The third-order valence-corrected chi connectivity index (χ3v) is 8.61. The number of benzene rings is 1. The molecule has 2 fully saturated rings. The number of anilines is 1. The van der Waals surface area contributed by atoms with Crippen molar-refractivity contribution in [3.05, 3.63) is 58.8 Å². The summed E-state index contributed by atoms with van der Waals surface area (Å²) >= 11 is 0. The lowest BCUT2D eigenvalue weighted by Crippen LogP contribution is -2.59. The van der Waals surface area contributed by atoms with Crippen molar-refractivity contribution in [1.82, 2.24) is 24.9 Å². The van der Waals surface area contributed by atoms with Crippen molar-refractivity contribution in [1.29, 1.82) is 0 Å². The van der Waals surface area contributed by atoms with Crippen LogP contribution in [-0.4, -0.2) is 97.5 Å². The van der Waals surface area contributed by atoms with Crippen LogP contribution in [0.15, 0.2) is 30.6 Å². The van der Waals surface area contributed by atoms with Crippen LogP contribution in [0.5, 0.6) is 5.75 Å². The highest BCUT2D eigenvalue weighted by Crippen LogP contribution is 2.29. The molecule has 0 spiro atoms. The number of alkyl halides is 4. The van der Waals surface area contributed by atoms with Gasteiger partial charge in [0.1, 0.15) is 23.4 Å². The second-order valence-electron chi connectivity index (χ2n) is 11.9. The molecule has 48 heavy (non-hydrogen) atoms. The average Bonchev–Trinajstić information content (AvgIpc) is 3.45. The number of pyridine rings is 1. The van der Waals surface area contributed by atoms with E-state index in [-0.39, 0.29) is 64.5 Å². The third-order valence-electron chi connectivity index (χ3n) is 8.61. The van der Waals surface area contributed by atoms with Crippen LogP contribution in [0, 0.1) is 23.6 Å². The number of methoxy groups -OCH3 is 1. The Morgan fingerprint density at radius 1 is 1.12 bits per heavy atom. The van der Waals surface area contributed by atoms with Gasteiger partial charge in [0.2, 0.25) is 0 Å². The van der Waals surface area contributed by atoms with Crippen molar-refractivity contribution < 1.29 is 41.0 Å². The lowest BCUT2D eigenvalue weighted by molar-refractivity contribution is -0.127. The number of nitrogens with one attached hydrogen (secondary N) is 3. The number of imidazole rings is 1. The first-order valence-corrected chi connectivity index (χ1v) is 15.5. The van der Waals surface area contributed by atoms with E-state index in [1.165, 1.54) is 36.9 Å². The van der Waals surface area contributed by atoms with Crippen molar-refractivity contribution in [2.24, 2.45) is 5.92 Å². The summed E-state index contributed by atoms with van der Waals surface area (Å²) in [4.78, 5) is 31.8. The molecule has 4 heterocycles. The van der Waals surface area contributed by atoms with Crippen LogP contribution < -0.4 is 20.7 Å². The number of carbonyl (C=O) groups is 2. The lowest BCUT2D eigenvalue weighted by Gasteiger charge is -2.44. The first kappa shape index (κ1) is 34.9. The highest BCUT2D eigenvalue weighted by molar-refractivity contribution is 6.00. The van der Waals surface area contributed by atoms with Gasteiger partial charge in [-0.15, -0.1) is 0 Å². The van der Waals surface area contributed by atoms with Gasteiger partial charge < -0.3 is 29.8 Å². The largest absolute Gasteiger partial charge is 0.495 e.